The van der Waals surface area contributed by atoms with Gasteiger partial charge >= 0.3 is 0 Å². The van der Waals surface area contributed by atoms with Crippen LogP contribution in [-0.4, -0.2) is 28.5 Å². The van der Waals surface area contributed by atoms with Gasteiger partial charge in [-0.1, -0.05) is 24.3 Å². The van der Waals surface area contributed by atoms with Crippen molar-refractivity contribution in [1.29, 1.82) is 0 Å². The summed E-state index contributed by atoms with van der Waals surface area (Å²) in [4.78, 5) is 5.64. The third kappa shape index (κ3) is 3.17. The van der Waals surface area contributed by atoms with E-state index in [1.54, 1.807) is 24.8 Å². The number of hydrogen-bond donors (Lipinski definition) is 1. The fraction of sp³-hybridized carbons (Fsp3) is 0.200. The van der Waals surface area contributed by atoms with Crippen LogP contribution in [0.2, 0.25) is 0 Å². The molecule has 0 radical (unpaired) electrons. The highest BCUT2D eigenvalue weighted by Crippen LogP contribution is 2.51. The monoisotopic (exact) mass is 458 g/mol. The lowest BCUT2D eigenvalue weighted by molar-refractivity contribution is 0.222. The number of fused-ring (bicyclic) bond motifs is 3. The van der Waals surface area contributed by atoms with Gasteiger partial charge in [-0.15, -0.1) is 11.3 Å². The molecule has 0 amide bonds. The van der Waals surface area contributed by atoms with E-state index in [1.807, 2.05) is 48.0 Å². The molecule has 0 aliphatic carbocycles. The zero-order chi connectivity index (χ0) is 22.4. The summed E-state index contributed by atoms with van der Waals surface area (Å²) in [5.74, 6) is 2.92. The van der Waals surface area contributed by atoms with Crippen molar-refractivity contribution in [2.75, 3.05) is 19.0 Å². The molecule has 2 aromatic heterocycles. The Morgan fingerprint density at radius 2 is 2.03 bits per heavy atom. The molecule has 7 nitrogen and oxygen atoms in total. The first-order chi connectivity index (χ1) is 16.3. The average Bonchev–Trinajstić information content (AvgIpc) is 3.55. The number of anilines is 1. The normalized spacial score (nSPS) is 18.5. The maximum Gasteiger partial charge on any atom is 0.226 e. The Hall–Kier alpha value is -3.78. The van der Waals surface area contributed by atoms with E-state index in [2.05, 4.69) is 39.0 Å². The predicted molar refractivity (Wildman–Crippen MR) is 127 cm³/mol. The molecule has 33 heavy (non-hydrogen) atoms. The number of para-hydroxylation sites is 1. The summed E-state index contributed by atoms with van der Waals surface area (Å²) in [6.45, 7) is 2.53. The van der Waals surface area contributed by atoms with Crippen molar-refractivity contribution in [2.45, 2.75) is 19.1 Å². The van der Waals surface area contributed by atoms with Crippen molar-refractivity contribution in [3.63, 3.8) is 0 Å². The number of benzene rings is 2. The molecule has 166 valence electrons. The number of rotatable bonds is 5. The first-order valence-electron chi connectivity index (χ1n) is 10.8. The summed E-state index contributed by atoms with van der Waals surface area (Å²) in [6, 6.07) is 18.1. The van der Waals surface area contributed by atoms with E-state index in [1.165, 1.54) is 4.88 Å². The Kier molecular flexibility index (Phi) is 4.80. The van der Waals surface area contributed by atoms with Crippen LogP contribution in [0.5, 0.6) is 17.2 Å². The summed E-state index contributed by atoms with van der Waals surface area (Å²) >= 11 is 1.70. The second-order valence-corrected chi connectivity index (χ2v) is 8.72. The molecule has 2 aliphatic rings. The van der Waals surface area contributed by atoms with Crippen molar-refractivity contribution < 1.29 is 14.2 Å². The third-order valence-corrected chi connectivity index (χ3v) is 6.85. The summed E-state index contributed by atoms with van der Waals surface area (Å²) < 4.78 is 20.0. The molecule has 2 aliphatic heterocycles. The second-order valence-electron chi connectivity index (χ2n) is 7.74. The van der Waals surface area contributed by atoms with Gasteiger partial charge in [-0.3, -0.25) is 0 Å². The highest BCUT2D eigenvalue weighted by molar-refractivity contribution is 7.10. The van der Waals surface area contributed by atoms with Gasteiger partial charge in [0.25, 0.3) is 0 Å². The Morgan fingerprint density at radius 3 is 2.85 bits per heavy atom. The van der Waals surface area contributed by atoms with Gasteiger partial charge in [-0.25, -0.2) is 4.68 Å². The highest BCUT2D eigenvalue weighted by Gasteiger charge is 2.41. The van der Waals surface area contributed by atoms with Gasteiger partial charge in [0.15, 0.2) is 11.5 Å². The number of nitrogens with zero attached hydrogens (tertiary/aromatic N) is 3. The third-order valence-electron chi connectivity index (χ3n) is 5.92. The van der Waals surface area contributed by atoms with E-state index in [-0.39, 0.29) is 12.1 Å². The van der Waals surface area contributed by atoms with E-state index in [4.69, 9.17) is 14.2 Å². The van der Waals surface area contributed by atoms with Crippen LogP contribution in [0.1, 0.15) is 35.1 Å². The van der Waals surface area contributed by atoms with Crippen molar-refractivity contribution in [3.05, 3.63) is 87.9 Å². The van der Waals surface area contributed by atoms with Crippen LogP contribution in [0.25, 0.3) is 5.70 Å². The van der Waals surface area contributed by atoms with Gasteiger partial charge in [-0.05, 0) is 42.6 Å². The first kappa shape index (κ1) is 19.9. The molecular formula is C25H22N4O3S. The maximum atomic E-state index is 6.66. The highest BCUT2D eigenvalue weighted by atomic mass is 32.1. The minimum absolute atomic E-state index is 0.144. The number of methoxy groups -OCH3 is 1. The molecule has 4 aromatic rings. The van der Waals surface area contributed by atoms with E-state index in [0.29, 0.717) is 24.1 Å². The Morgan fingerprint density at radius 1 is 1.12 bits per heavy atom. The molecule has 2 atom stereocenters. The van der Waals surface area contributed by atoms with Gasteiger partial charge in [-0.2, -0.15) is 10.1 Å². The number of ether oxygens (including phenoxy) is 3. The van der Waals surface area contributed by atoms with Crippen LogP contribution < -0.4 is 19.5 Å². The lowest BCUT2D eigenvalue weighted by Crippen LogP contribution is -2.32. The van der Waals surface area contributed by atoms with Gasteiger partial charge in [0.2, 0.25) is 5.95 Å². The minimum Gasteiger partial charge on any atom is -0.493 e. The zero-order valence-electron chi connectivity index (χ0n) is 18.2. The van der Waals surface area contributed by atoms with Crippen LogP contribution in [0, 0.1) is 0 Å². The van der Waals surface area contributed by atoms with E-state index in [0.717, 1.165) is 28.1 Å². The smallest absolute Gasteiger partial charge is 0.226 e. The van der Waals surface area contributed by atoms with Crippen molar-refractivity contribution in [2.24, 2.45) is 0 Å². The van der Waals surface area contributed by atoms with Crippen LogP contribution in [0.15, 0.2) is 71.9 Å². The van der Waals surface area contributed by atoms with Crippen molar-refractivity contribution in [1.82, 2.24) is 14.8 Å². The molecule has 6 rings (SSSR count). The summed E-state index contributed by atoms with van der Waals surface area (Å²) in [6.07, 6.45) is 1.24. The fourth-order valence-corrected chi connectivity index (χ4v) is 5.36. The molecule has 0 fully saturated rings. The van der Waals surface area contributed by atoms with Gasteiger partial charge in [0.05, 0.1) is 19.4 Å². The number of nitrogens with one attached hydrogen (secondary N) is 1. The zero-order valence-corrected chi connectivity index (χ0v) is 19.0. The van der Waals surface area contributed by atoms with Crippen molar-refractivity contribution >= 4 is 23.0 Å². The van der Waals surface area contributed by atoms with Gasteiger partial charge in [0.1, 0.15) is 24.2 Å². The molecule has 8 heteroatoms. The number of aromatic nitrogens is 3. The largest absolute Gasteiger partial charge is 0.493 e. The summed E-state index contributed by atoms with van der Waals surface area (Å²) in [5, 5.41) is 10.2. The SMILES string of the molecule is CCOc1ccc(C2Oc3ccccc3C3=C2C(c2cccs2)n2ncnc2N3)cc1OC. The quantitative estimate of drug-likeness (QED) is 0.437. The molecule has 0 saturated heterocycles. The van der Waals surface area contributed by atoms with Crippen LogP contribution in [0.3, 0.4) is 0 Å². The molecule has 2 aromatic carbocycles. The van der Waals surface area contributed by atoms with Gasteiger partial charge < -0.3 is 19.5 Å². The number of thiophene rings is 1. The molecule has 2 unspecified atom stereocenters. The molecule has 1 N–H and O–H groups in total. The second kappa shape index (κ2) is 7.97. The standard InChI is InChI=1S/C25H22N4O3S/c1-3-31-18-11-10-15(13-19(18)30-2)24-21-22(16-7-4-5-8-17(16)32-24)28-25-26-14-27-29(25)23(21)20-9-6-12-33-20/h4-14,23-24H,3H2,1-2H3,(H,26,27,28). The topological polar surface area (TPSA) is 70.4 Å². The first-order valence-corrected chi connectivity index (χ1v) is 11.7. The summed E-state index contributed by atoms with van der Waals surface area (Å²) in [5.41, 5.74) is 4.08. The van der Waals surface area contributed by atoms with Crippen LogP contribution in [-0.2, 0) is 0 Å². The predicted octanol–water partition coefficient (Wildman–Crippen LogP) is 5.31. The van der Waals surface area contributed by atoms with Crippen LogP contribution in [0.4, 0.5) is 5.95 Å². The van der Waals surface area contributed by atoms with Crippen LogP contribution >= 0.6 is 11.3 Å². The van der Waals surface area contributed by atoms with E-state index >= 15 is 0 Å². The lowest BCUT2D eigenvalue weighted by Gasteiger charge is -2.38. The summed E-state index contributed by atoms with van der Waals surface area (Å²) in [7, 11) is 1.65. The Labute approximate surface area is 195 Å². The minimum atomic E-state index is -0.351. The molecule has 0 spiro atoms. The van der Waals surface area contributed by atoms with Crippen molar-refractivity contribution in [3.8, 4) is 17.2 Å². The maximum absolute atomic E-state index is 6.66. The van der Waals surface area contributed by atoms with E-state index in [9.17, 15) is 0 Å². The Bertz CT molecular complexity index is 1350. The Balaban J connectivity index is 1.57. The lowest BCUT2D eigenvalue weighted by atomic mass is 9.87. The molecular weight excluding hydrogens is 436 g/mol. The van der Waals surface area contributed by atoms with Gasteiger partial charge in [0, 0.05) is 21.6 Å². The molecule has 4 heterocycles. The van der Waals surface area contributed by atoms with E-state index < -0.39 is 0 Å². The molecule has 0 saturated carbocycles. The average molecular weight is 459 g/mol. The molecule has 0 bridgehead atoms. The number of hydrogen-bond acceptors (Lipinski definition) is 7. The fourth-order valence-electron chi connectivity index (χ4n) is 4.53.